The van der Waals surface area contributed by atoms with Crippen molar-refractivity contribution in [2.75, 3.05) is 0 Å². The van der Waals surface area contributed by atoms with Crippen LogP contribution < -0.4 is 0 Å². The first-order valence-electron chi connectivity index (χ1n) is 3.53. The first-order valence-corrected chi connectivity index (χ1v) is 3.53. The van der Waals surface area contributed by atoms with E-state index < -0.39 is 0 Å². The summed E-state index contributed by atoms with van der Waals surface area (Å²) >= 11 is 0. The molecule has 10 heavy (non-hydrogen) atoms. The normalized spacial score (nSPS) is 24.7. The van der Waals surface area contributed by atoms with Crippen LogP contribution in [0.2, 0.25) is 0 Å². The highest BCUT2D eigenvalue weighted by Gasteiger charge is 2.10. The third-order valence-electron chi connectivity index (χ3n) is 2.06. The molecule has 0 aromatic carbocycles. The van der Waals surface area contributed by atoms with Crippen molar-refractivity contribution >= 4 is 0 Å². The maximum absolute atomic E-state index is 8.62. The Labute approximate surface area is 61.7 Å². The molecular formula is C9H11N. The van der Waals surface area contributed by atoms with Crippen molar-refractivity contribution in [2.24, 2.45) is 5.92 Å². The van der Waals surface area contributed by atoms with Crippen molar-refractivity contribution in [3.63, 3.8) is 0 Å². The van der Waals surface area contributed by atoms with Crippen LogP contribution in [0.25, 0.3) is 0 Å². The first-order chi connectivity index (χ1) is 4.75. The molecule has 1 aliphatic rings. The average molecular weight is 133 g/mol. The Balaban J connectivity index is 2.96. The van der Waals surface area contributed by atoms with Crippen molar-refractivity contribution in [3.8, 4) is 6.07 Å². The van der Waals surface area contributed by atoms with Crippen LogP contribution >= 0.6 is 0 Å². The molecule has 1 nitrogen and oxygen atoms in total. The van der Waals surface area contributed by atoms with Crippen molar-refractivity contribution in [1.29, 1.82) is 5.26 Å². The predicted molar refractivity (Wildman–Crippen MR) is 41.2 cm³/mol. The lowest BCUT2D eigenvalue weighted by Gasteiger charge is -2.14. The summed E-state index contributed by atoms with van der Waals surface area (Å²) < 4.78 is 0. The topological polar surface area (TPSA) is 23.8 Å². The Bertz CT molecular complexity index is 228. The molecule has 52 valence electrons. The molecule has 0 spiro atoms. The molecule has 1 unspecified atom stereocenters. The van der Waals surface area contributed by atoms with Gasteiger partial charge in [0.15, 0.2) is 0 Å². The molecule has 0 saturated heterocycles. The van der Waals surface area contributed by atoms with E-state index in [0.717, 1.165) is 12.0 Å². The monoisotopic (exact) mass is 133 g/mol. The van der Waals surface area contributed by atoms with E-state index in [2.05, 4.69) is 19.1 Å². The summed E-state index contributed by atoms with van der Waals surface area (Å²) in [5, 5.41) is 8.62. The van der Waals surface area contributed by atoms with E-state index in [9.17, 15) is 0 Å². The van der Waals surface area contributed by atoms with Crippen molar-refractivity contribution in [2.45, 2.75) is 20.3 Å². The summed E-state index contributed by atoms with van der Waals surface area (Å²) in [6.07, 6.45) is 5.06. The van der Waals surface area contributed by atoms with Gasteiger partial charge in [0.25, 0.3) is 0 Å². The minimum atomic E-state index is 0.555. The molecule has 0 amide bonds. The second kappa shape index (κ2) is 2.70. The summed E-state index contributed by atoms with van der Waals surface area (Å²) in [6, 6.07) is 2.18. The molecule has 0 radical (unpaired) electrons. The average Bonchev–Trinajstić information content (AvgIpc) is 1.95. The van der Waals surface area contributed by atoms with E-state index in [1.165, 1.54) is 5.57 Å². The number of hydrogen-bond acceptors (Lipinski definition) is 1. The summed E-state index contributed by atoms with van der Waals surface area (Å²) in [7, 11) is 0. The zero-order valence-corrected chi connectivity index (χ0v) is 6.39. The zero-order valence-electron chi connectivity index (χ0n) is 6.39. The molecule has 0 aromatic rings. The van der Waals surface area contributed by atoms with Crippen LogP contribution in [0.5, 0.6) is 0 Å². The highest BCUT2D eigenvalue weighted by Crippen LogP contribution is 2.23. The summed E-state index contributed by atoms with van der Waals surface area (Å²) in [5.74, 6) is 0.555. The minimum absolute atomic E-state index is 0.555. The molecule has 0 heterocycles. The largest absolute Gasteiger partial charge is 0.192 e. The van der Waals surface area contributed by atoms with Gasteiger partial charge in [0.2, 0.25) is 0 Å². The fraction of sp³-hybridized carbons (Fsp3) is 0.444. The van der Waals surface area contributed by atoms with Crippen molar-refractivity contribution in [3.05, 3.63) is 23.3 Å². The molecular weight excluding hydrogens is 122 g/mol. The van der Waals surface area contributed by atoms with Crippen LogP contribution in [-0.2, 0) is 0 Å². The third kappa shape index (κ3) is 1.11. The molecule has 0 bridgehead atoms. The minimum Gasteiger partial charge on any atom is -0.192 e. The van der Waals surface area contributed by atoms with Gasteiger partial charge >= 0.3 is 0 Å². The predicted octanol–water partition coefficient (Wildman–Crippen LogP) is 2.42. The second-order valence-electron chi connectivity index (χ2n) is 2.75. The SMILES string of the molecule is CC1=C(C#N)C=CCC1C. The molecule has 0 aliphatic heterocycles. The van der Waals surface area contributed by atoms with Gasteiger partial charge in [0.1, 0.15) is 0 Å². The number of hydrogen-bond donors (Lipinski definition) is 0. The molecule has 0 saturated carbocycles. The molecule has 1 aliphatic carbocycles. The van der Waals surface area contributed by atoms with Gasteiger partial charge in [-0.15, -0.1) is 0 Å². The summed E-state index contributed by atoms with van der Waals surface area (Å²) in [5.41, 5.74) is 2.07. The standard InChI is InChI=1S/C9H11N/c1-7-4-3-5-9(6-10)8(7)2/h3,5,7H,4H2,1-2H3. The molecule has 0 fully saturated rings. The van der Waals surface area contributed by atoms with Crippen molar-refractivity contribution in [1.82, 2.24) is 0 Å². The van der Waals surface area contributed by atoms with Gasteiger partial charge < -0.3 is 0 Å². The summed E-state index contributed by atoms with van der Waals surface area (Å²) in [4.78, 5) is 0. The highest BCUT2D eigenvalue weighted by atomic mass is 14.3. The number of allylic oxidation sites excluding steroid dienone is 4. The van der Waals surface area contributed by atoms with Crippen LogP contribution in [0.1, 0.15) is 20.3 Å². The maximum Gasteiger partial charge on any atom is 0.0990 e. The Morgan fingerprint density at radius 3 is 2.90 bits per heavy atom. The van der Waals surface area contributed by atoms with Crippen LogP contribution in [-0.4, -0.2) is 0 Å². The Kier molecular flexibility index (Phi) is 1.91. The zero-order chi connectivity index (χ0) is 7.56. The van der Waals surface area contributed by atoms with E-state index in [-0.39, 0.29) is 0 Å². The van der Waals surface area contributed by atoms with E-state index in [4.69, 9.17) is 5.26 Å². The first kappa shape index (κ1) is 7.08. The van der Waals surface area contributed by atoms with Gasteiger partial charge in [-0.25, -0.2) is 0 Å². The Hall–Kier alpha value is -1.03. The quantitative estimate of drug-likeness (QED) is 0.498. The molecule has 1 heteroatoms. The fourth-order valence-corrected chi connectivity index (χ4v) is 1.09. The van der Waals surface area contributed by atoms with Gasteiger partial charge in [0.05, 0.1) is 11.6 Å². The van der Waals surface area contributed by atoms with Crippen LogP contribution in [0.3, 0.4) is 0 Å². The van der Waals surface area contributed by atoms with Gasteiger partial charge in [0, 0.05) is 0 Å². The number of nitrogens with zero attached hydrogens (tertiary/aromatic N) is 1. The highest BCUT2D eigenvalue weighted by molar-refractivity contribution is 5.40. The van der Waals surface area contributed by atoms with Crippen LogP contribution in [0.4, 0.5) is 0 Å². The van der Waals surface area contributed by atoms with Gasteiger partial charge in [-0.3, -0.25) is 0 Å². The lowest BCUT2D eigenvalue weighted by molar-refractivity contribution is 0.681. The van der Waals surface area contributed by atoms with Gasteiger partial charge in [-0.05, 0) is 25.3 Å². The smallest absolute Gasteiger partial charge is 0.0990 e. The summed E-state index contributed by atoms with van der Waals surface area (Å²) in [6.45, 7) is 4.18. The Morgan fingerprint density at radius 1 is 1.70 bits per heavy atom. The van der Waals surface area contributed by atoms with Crippen molar-refractivity contribution < 1.29 is 0 Å². The molecule has 1 atom stereocenters. The number of nitriles is 1. The van der Waals surface area contributed by atoms with E-state index in [1.807, 2.05) is 13.0 Å². The third-order valence-corrected chi connectivity index (χ3v) is 2.06. The maximum atomic E-state index is 8.62. The number of rotatable bonds is 0. The molecule has 0 N–H and O–H groups in total. The van der Waals surface area contributed by atoms with Gasteiger partial charge in [-0.2, -0.15) is 5.26 Å². The lowest BCUT2D eigenvalue weighted by Crippen LogP contribution is -2.01. The van der Waals surface area contributed by atoms with E-state index >= 15 is 0 Å². The van der Waals surface area contributed by atoms with E-state index in [0.29, 0.717) is 5.92 Å². The van der Waals surface area contributed by atoms with Crippen LogP contribution in [0.15, 0.2) is 23.3 Å². The van der Waals surface area contributed by atoms with Crippen LogP contribution in [0, 0.1) is 17.2 Å². The molecule has 0 aromatic heterocycles. The lowest BCUT2D eigenvalue weighted by atomic mass is 9.90. The molecule has 1 rings (SSSR count). The van der Waals surface area contributed by atoms with Gasteiger partial charge in [-0.1, -0.05) is 18.6 Å². The Morgan fingerprint density at radius 2 is 2.40 bits per heavy atom. The fourth-order valence-electron chi connectivity index (χ4n) is 1.09. The second-order valence-corrected chi connectivity index (χ2v) is 2.75. The van der Waals surface area contributed by atoms with E-state index in [1.54, 1.807) is 0 Å².